The first-order valence-electron chi connectivity index (χ1n) is 10.1. The van der Waals surface area contributed by atoms with E-state index in [0.717, 1.165) is 22.8 Å². The molecule has 0 unspecified atom stereocenters. The first-order chi connectivity index (χ1) is 15.0. The topological polar surface area (TPSA) is 73.0 Å². The summed E-state index contributed by atoms with van der Waals surface area (Å²) in [5.74, 6) is -0.0364. The zero-order chi connectivity index (χ0) is 22.0. The van der Waals surface area contributed by atoms with Gasteiger partial charge in [0.25, 0.3) is 0 Å². The summed E-state index contributed by atoms with van der Waals surface area (Å²) in [4.78, 5) is 22.7. The Morgan fingerprint density at radius 1 is 1.16 bits per heavy atom. The van der Waals surface area contributed by atoms with E-state index in [2.05, 4.69) is 61.9 Å². The van der Waals surface area contributed by atoms with E-state index < -0.39 is 0 Å². The molecule has 3 heterocycles. The van der Waals surface area contributed by atoms with Gasteiger partial charge < -0.3 is 20.5 Å². The third kappa shape index (κ3) is 4.59. The van der Waals surface area contributed by atoms with E-state index in [4.69, 9.17) is 12.2 Å². The van der Waals surface area contributed by atoms with Crippen molar-refractivity contribution in [2.45, 2.75) is 32.4 Å². The minimum Gasteiger partial charge on any atom is -0.362 e. The average Bonchev–Trinajstić information content (AvgIpc) is 3.22. The monoisotopic (exact) mass is 545 g/mol. The van der Waals surface area contributed by atoms with E-state index in [1.807, 2.05) is 48.5 Å². The summed E-state index contributed by atoms with van der Waals surface area (Å²) in [5, 5.41) is 7.05. The first-order valence-corrected chi connectivity index (χ1v) is 11.6. The highest BCUT2D eigenvalue weighted by molar-refractivity contribution is 14.1. The number of nitrogens with one attached hydrogen (secondary N) is 3. The van der Waals surface area contributed by atoms with Crippen molar-refractivity contribution in [3.63, 3.8) is 0 Å². The Labute approximate surface area is 201 Å². The molecule has 0 spiro atoms. The van der Waals surface area contributed by atoms with Crippen LogP contribution < -0.4 is 10.6 Å². The molecule has 8 heteroatoms. The molecule has 1 amide bonds. The molecule has 1 aromatic carbocycles. The lowest BCUT2D eigenvalue weighted by molar-refractivity contribution is -0.116. The van der Waals surface area contributed by atoms with Crippen LogP contribution in [0.15, 0.2) is 54.7 Å². The number of nitrogens with zero attached hydrogens (tertiary/aromatic N) is 2. The number of hydrogen-bond acceptors (Lipinski definition) is 3. The van der Waals surface area contributed by atoms with Crippen LogP contribution in [-0.4, -0.2) is 32.4 Å². The number of anilines is 1. The van der Waals surface area contributed by atoms with Gasteiger partial charge in [-0.1, -0.05) is 24.3 Å². The largest absolute Gasteiger partial charge is 0.362 e. The van der Waals surface area contributed by atoms with Crippen molar-refractivity contribution in [1.82, 2.24) is 20.2 Å². The SMILES string of the molecule is Cc1[nH]c(C)c([C@@H]2[C@H](c3ccccn3)NC(=S)N2CCC(=O)Nc2ccccc2)c1I. The average molecular weight is 545 g/mol. The maximum absolute atomic E-state index is 12.6. The molecule has 6 nitrogen and oxygen atoms in total. The second kappa shape index (κ2) is 9.35. The van der Waals surface area contributed by atoms with Crippen molar-refractivity contribution in [3.05, 3.63) is 80.9 Å². The number of halogens is 1. The molecule has 1 fully saturated rings. The number of para-hydroxylation sites is 1. The molecular formula is C23H24IN5OS. The second-order valence-electron chi connectivity index (χ2n) is 7.59. The molecule has 0 saturated carbocycles. The van der Waals surface area contributed by atoms with Crippen LogP contribution in [0, 0.1) is 17.4 Å². The van der Waals surface area contributed by atoms with Crippen LogP contribution in [0.4, 0.5) is 5.69 Å². The van der Waals surface area contributed by atoms with Gasteiger partial charge in [0.15, 0.2) is 5.11 Å². The number of H-pyrrole nitrogens is 1. The van der Waals surface area contributed by atoms with E-state index in [9.17, 15) is 4.79 Å². The van der Waals surface area contributed by atoms with Gasteiger partial charge in [0, 0.05) is 45.4 Å². The Kier molecular flexibility index (Phi) is 6.57. The third-order valence-electron chi connectivity index (χ3n) is 5.48. The second-order valence-corrected chi connectivity index (χ2v) is 9.05. The third-order valence-corrected chi connectivity index (χ3v) is 7.22. The molecule has 160 valence electrons. The normalized spacial score (nSPS) is 18.2. The minimum atomic E-state index is -0.0895. The number of aryl methyl sites for hydroxylation is 2. The van der Waals surface area contributed by atoms with Crippen molar-refractivity contribution in [2.24, 2.45) is 0 Å². The number of amides is 1. The molecular weight excluding hydrogens is 521 g/mol. The lowest BCUT2D eigenvalue weighted by Crippen LogP contribution is -2.33. The Morgan fingerprint density at radius 3 is 2.55 bits per heavy atom. The zero-order valence-electron chi connectivity index (χ0n) is 17.4. The molecule has 0 radical (unpaired) electrons. The van der Waals surface area contributed by atoms with Gasteiger partial charge >= 0.3 is 0 Å². The van der Waals surface area contributed by atoms with Crippen molar-refractivity contribution in [3.8, 4) is 0 Å². The number of rotatable bonds is 6. The lowest BCUT2D eigenvalue weighted by atomic mass is 9.96. The summed E-state index contributed by atoms with van der Waals surface area (Å²) < 4.78 is 1.19. The fraction of sp³-hybridized carbons (Fsp3) is 0.261. The quantitative estimate of drug-likeness (QED) is 0.311. The van der Waals surface area contributed by atoms with Crippen LogP contribution in [0.2, 0.25) is 0 Å². The summed E-state index contributed by atoms with van der Waals surface area (Å²) in [6.07, 6.45) is 2.13. The Hall–Kier alpha value is -2.46. The zero-order valence-corrected chi connectivity index (χ0v) is 20.3. The van der Waals surface area contributed by atoms with E-state index in [1.54, 1.807) is 6.20 Å². The highest BCUT2D eigenvalue weighted by atomic mass is 127. The van der Waals surface area contributed by atoms with E-state index in [-0.39, 0.29) is 18.0 Å². The fourth-order valence-electron chi connectivity index (χ4n) is 4.05. The van der Waals surface area contributed by atoms with Crippen molar-refractivity contribution in [2.75, 3.05) is 11.9 Å². The minimum absolute atomic E-state index is 0.0364. The summed E-state index contributed by atoms with van der Waals surface area (Å²) in [6, 6.07) is 15.3. The van der Waals surface area contributed by atoms with E-state index in [1.165, 1.54) is 9.13 Å². The standard InChI is InChI=1S/C23H24IN5OS/c1-14-19(20(24)15(2)26-14)22-21(17-10-6-7-12-25-17)28-23(31)29(22)13-11-18(30)27-16-8-4-3-5-9-16/h3-10,12,21-22,26H,11,13H2,1-2H3,(H,27,30)(H,28,31)/t21-,22+/m0/s1. The summed E-state index contributed by atoms with van der Waals surface area (Å²) in [5.41, 5.74) is 5.17. The Balaban J connectivity index is 1.60. The van der Waals surface area contributed by atoms with Crippen LogP contribution in [-0.2, 0) is 4.79 Å². The number of carbonyl (C=O) groups is 1. The van der Waals surface area contributed by atoms with Crippen molar-refractivity contribution < 1.29 is 4.79 Å². The first kappa shape index (κ1) is 21.8. The van der Waals surface area contributed by atoms with Crippen LogP contribution >= 0.6 is 34.8 Å². The number of benzene rings is 1. The smallest absolute Gasteiger partial charge is 0.226 e. The molecule has 4 rings (SSSR count). The number of carbonyl (C=O) groups excluding carboxylic acids is 1. The van der Waals surface area contributed by atoms with Gasteiger partial charge in [-0.2, -0.15) is 0 Å². The molecule has 0 bridgehead atoms. The molecule has 2 aromatic heterocycles. The molecule has 31 heavy (non-hydrogen) atoms. The van der Waals surface area contributed by atoms with Gasteiger partial charge in [-0.3, -0.25) is 9.78 Å². The molecule has 2 atom stereocenters. The van der Waals surface area contributed by atoms with E-state index in [0.29, 0.717) is 18.1 Å². The maximum Gasteiger partial charge on any atom is 0.226 e. The number of aromatic nitrogens is 2. The molecule has 3 N–H and O–H groups in total. The number of thiocarbonyl (C=S) groups is 1. The number of aromatic amines is 1. The molecule has 1 aliphatic heterocycles. The Bertz CT molecular complexity index is 1090. The van der Waals surface area contributed by atoms with Gasteiger partial charge in [0.05, 0.1) is 17.8 Å². The van der Waals surface area contributed by atoms with Crippen molar-refractivity contribution in [1.29, 1.82) is 0 Å². The van der Waals surface area contributed by atoms with Crippen LogP contribution in [0.1, 0.15) is 41.1 Å². The molecule has 1 saturated heterocycles. The maximum atomic E-state index is 12.6. The summed E-state index contributed by atoms with van der Waals surface area (Å²) in [6.45, 7) is 4.67. The van der Waals surface area contributed by atoms with Crippen molar-refractivity contribution >= 4 is 51.5 Å². The van der Waals surface area contributed by atoms with Gasteiger partial charge in [0.1, 0.15) is 0 Å². The fourth-order valence-corrected chi connectivity index (χ4v) is 5.24. The number of hydrogen-bond donors (Lipinski definition) is 3. The predicted molar refractivity (Wildman–Crippen MR) is 135 cm³/mol. The van der Waals surface area contributed by atoms with Gasteiger partial charge in [0.2, 0.25) is 5.91 Å². The highest BCUT2D eigenvalue weighted by Crippen LogP contribution is 2.42. The lowest BCUT2D eigenvalue weighted by Gasteiger charge is -2.28. The van der Waals surface area contributed by atoms with Crippen LogP contribution in [0.25, 0.3) is 0 Å². The summed E-state index contributed by atoms with van der Waals surface area (Å²) in [7, 11) is 0. The summed E-state index contributed by atoms with van der Waals surface area (Å²) >= 11 is 8.10. The molecule has 1 aliphatic rings. The van der Waals surface area contributed by atoms with Gasteiger partial charge in [-0.05, 0) is 72.9 Å². The van der Waals surface area contributed by atoms with Gasteiger partial charge in [-0.15, -0.1) is 0 Å². The van der Waals surface area contributed by atoms with Crippen LogP contribution in [0.5, 0.6) is 0 Å². The number of pyridine rings is 1. The molecule has 3 aromatic rings. The molecule has 0 aliphatic carbocycles. The predicted octanol–water partition coefficient (Wildman–Crippen LogP) is 4.63. The van der Waals surface area contributed by atoms with Crippen LogP contribution in [0.3, 0.4) is 0 Å². The Morgan fingerprint density at radius 2 is 1.90 bits per heavy atom. The highest BCUT2D eigenvalue weighted by Gasteiger charge is 2.42. The van der Waals surface area contributed by atoms with E-state index >= 15 is 0 Å². The van der Waals surface area contributed by atoms with Gasteiger partial charge in [-0.25, -0.2) is 0 Å².